The molecule has 294 valence electrons. The van der Waals surface area contributed by atoms with Crippen LogP contribution >= 0.6 is 0 Å². The number of nitrogens with zero attached hydrogens (tertiary/aromatic N) is 5. The van der Waals surface area contributed by atoms with Gasteiger partial charge in [0.15, 0.2) is 5.82 Å². The molecular formula is C39H40F8N6O2. The Balaban J connectivity index is 1.09. The van der Waals surface area contributed by atoms with Crippen molar-refractivity contribution in [1.82, 2.24) is 25.2 Å². The summed E-state index contributed by atoms with van der Waals surface area (Å²) in [6, 6.07) is 8.07. The molecule has 0 unspecified atom stereocenters. The van der Waals surface area contributed by atoms with E-state index in [0.29, 0.717) is 78.6 Å². The largest absolute Gasteiger partial charge is 0.461 e. The molecule has 16 heteroatoms. The second-order valence-electron chi connectivity index (χ2n) is 16.0. The van der Waals surface area contributed by atoms with Gasteiger partial charge in [-0.3, -0.25) is 4.90 Å². The van der Waals surface area contributed by atoms with Crippen LogP contribution in [0.1, 0.15) is 63.1 Å². The fraction of sp³-hybridized carbons (Fsp3) is 0.564. The minimum Gasteiger partial charge on any atom is -0.461 e. The number of hydrogen-bond donors (Lipinski definition) is 1. The van der Waals surface area contributed by atoms with E-state index in [0.717, 1.165) is 24.6 Å². The molecule has 55 heavy (non-hydrogen) atoms. The zero-order chi connectivity index (χ0) is 38.7. The second-order valence-corrected chi connectivity index (χ2v) is 16.0. The van der Waals surface area contributed by atoms with E-state index in [4.69, 9.17) is 19.4 Å². The Morgan fingerprint density at radius 2 is 1.73 bits per heavy atom. The number of ether oxygens (including phenoxy) is 2. The number of benzene rings is 2. The monoisotopic (exact) mass is 776 g/mol. The van der Waals surface area contributed by atoms with Crippen LogP contribution in [0.4, 0.5) is 40.9 Å². The van der Waals surface area contributed by atoms with Crippen LogP contribution in [-0.4, -0.2) is 93.8 Å². The van der Waals surface area contributed by atoms with Crippen LogP contribution in [0.5, 0.6) is 6.01 Å². The lowest BCUT2D eigenvalue weighted by atomic mass is 9.95. The van der Waals surface area contributed by atoms with E-state index in [-0.39, 0.29) is 48.9 Å². The van der Waals surface area contributed by atoms with Crippen molar-refractivity contribution in [3.05, 3.63) is 53.2 Å². The summed E-state index contributed by atoms with van der Waals surface area (Å²) in [6.45, 7) is 1.99. The lowest BCUT2D eigenvalue weighted by molar-refractivity contribution is -0.375. The Kier molecular flexibility index (Phi) is 8.56. The first-order valence-corrected chi connectivity index (χ1v) is 18.9. The van der Waals surface area contributed by atoms with Gasteiger partial charge in [-0.2, -0.15) is 36.3 Å². The number of fused-ring (bicyclic) bond motifs is 7. The molecule has 1 N–H and O–H groups in total. The molecule has 0 spiro atoms. The zero-order valence-electron chi connectivity index (χ0n) is 30.3. The van der Waals surface area contributed by atoms with Crippen molar-refractivity contribution >= 4 is 27.5 Å². The molecule has 5 atom stereocenters. The van der Waals surface area contributed by atoms with Crippen LogP contribution in [0.3, 0.4) is 0 Å². The predicted octanol–water partition coefficient (Wildman–Crippen LogP) is 7.96. The second kappa shape index (κ2) is 12.8. The number of anilines is 1. The van der Waals surface area contributed by atoms with Gasteiger partial charge in [0, 0.05) is 36.3 Å². The highest BCUT2D eigenvalue weighted by molar-refractivity contribution is 6.01. The topological polar surface area (TPSA) is 75.6 Å². The van der Waals surface area contributed by atoms with Gasteiger partial charge in [0.1, 0.15) is 29.5 Å². The molecule has 0 saturated carbocycles. The maximum Gasteiger partial charge on any atom is 0.426 e. The lowest BCUT2D eigenvalue weighted by Gasteiger charge is -2.41. The quantitative estimate of drug-likeness (QED) is 0.190. The number of hydrogen-bond acceptors (Lipinski definition) is 8. The van der Waals surface area contributed by atoms with Crippen LogP contribution in [0.2, 0.25) is 0 Å². The molecule has 4 fully saturated rings. The molecular weight excluding hydrogens is 736 g/mol. The summed E-state index contributed by atoms with van der Waals surface area (Å²) in [4.78, 5) is 18.6. The fourth-order valence-electron chi connectivity index (χ4n) is 9.92. The SMILES string of the molecule is Cc1c(F)ccc2cccc(-c3nc4c5c(nc(OC[C@@]67CCCN6[C@H](COC(C)(C(F)(F)F)C(F)(F)F)CC7)nc5c3F)N3C[C@@H]5CC[C@@H](N5)[C@H]3CC4)c12. The standard InChI is InChI=1S/C39H40F8N6O2/c1-20-25(40)9-7-21-5-3-6-24(29(20)21)32-31(41)33-30-27(49-32)11-12-28-26-10-8-22(48-26)17-52(28)34(30)51-35(50-33)54-19-37-14-4-16-53(37)23(13-15-37)18-55-36(2,38(42,43)44)39(45,46)47/h3,5-7,9,22-23,26,28,48H,4,8,10-19H2,1-2H3/t22-,23-,26+,28+,37-/m0/s1. The van der Waals surface area contributed by atoms with Gasteiger partial charge in [-0.25, -0.2) is 13.8 Å². The highest BCUT2D eigenvalue weighted by Crippen LogP contribution is 2.48. The minimum atomic E-state index is -5.66. The van der Waals surface area contributed by atoms with Crippen molar-refractivity contribution in [1.29, 1.82) is 0 Å². The predicted molar refractivity (Wildman–Crippen MR) is 188 cm³/mol. The number of rotatable bonds is 7. The number of piperazine rings is 1. The van der Waals surface area contributed by atoms with Crippen LogP contribution in [0, 0.1) is 18.6 Å². The summed E-state index contributed by atoms with van der Waals surface area (Å²) in [5.74, 6) is -0.600. The minimum absolute atomic E-state index is 0.00526. The number of aryl methyl sites for hydroxylation is 2. The summed E-state index contributed by atoms with van der Waals surface area (Å²) in [7, 11) is 0. The molecule has 2 aromatic carbocycles. The van der Waals surface area contributed by atoms with Crippen LogP contribution < -0.4 is 15.0 Å². The number of pyridine rings is 1. The third kappa shape index (κ3) is 5.74. The van der Waals surface area contributed by atoms with Gasteiger partial charge in [-0.05, 0) is 94.2 Å². The number of halogens is 8. The average molecular weight is 777 g/mol. The number of alkyl halides is 6. The van der Waals surface area contributed by atoms with E-state index >= 15 is 4.39 Å². The maximum atomic E-state index is 17.2. The van der Waals surface area contributed by atoms with Crippen molar-refractivity contribution in [3.8, 4) is 17.3 Å². The van der Waals surface area contributed by atoms with E-state index in [1.807, 2.05) is 11.0 Å². The van der Waals surface area contributed by atoms with Crippen molar-refractivity contribution in [3.63, 3.8) is 0 Å². The van der Waals surface area contributed by atoms with Gasteiger partial charge >= 0.3 is 18.4 Å². The van der Waals surface area contributed by atoms with Gasteiger partial charge in [0.25, 0.3) is 5.60 Å². The Morgan fingerprint density at radius 3 is 2.51 bits per heavy atom. The fourth-order valence-corrected chi connectivity index (χ4v) is 9.92. The Bertz CT molecular complexity index is 2170. The van der Waals surface area contributed by atoms with E-state index in [1.165, 1.54) is 6.07 Å². The van der Waals surface area contributed by atoms with Crippen molar-refractivity contribution in [2.45, 2.75) is 113 Å². The van der Waals surface area contributed by atoms with E-state index in [2.05, 4.69) is 15.2 Å². The van der Waals surface area contributed by atoms with Crippen molar-refractivity contribution < 1.29 is 44.6 Å². The molecule has 0 amide bonds. The first kappa shape index (κ1) is 36.7. The van der Waals surface area contributed by atoms with Gasteiger partial charge in [0.2, 0.25) is 0 Å². The van der Waals surface area contributed by atoms with Crippen molar-refractivity contribution in [2.75, 3.05) is 31.2 Å². The van der Waals surface area contributed by atoms with E-state index < -0.39 is 47.8 Å². The first-order chi connectivity index (χ1) is 26.1. The zero-order valence-corrected chi connectivity index (χ0v) is 30.3. The van der Waals surface area contributed by atoms with E-state index in [9.17, 15) is 30.7 Å². The molecule has 4 saturated heterocycles. The summed E-state index contributed by atoms with van der Waals surface area (Å²) in [5.41, 5.74) is -3.51. The maximum absolute atomic E-state index is 17.2. The van der Waals surface area contributed by atoms with Crippen LogP contribution in [0.25, 0.3) is 32.9 Å². The molecule has 4 aromatic rings. The Hall–Kier alpha value is -3.89. The summed E-state index contributed by atoms with van der Waals surface area (Å²) >= 11 is 0. The highest BCUT2D eigenvalue weighted by atomic mass is 19.4. The normalized spacial score (nSPS) is 26.8. The third-order valence-corrected chi connectivity index (χ3v) is 13.0. The van der Waals surface area contributed by atoms with Gasteiger partial charge in [-0.15, -0.1) is 0 Å². The summed E-state index contributed by atoms with van der Waals surface area (Å²) in [6.07, 6.45) is -6.06. The van der Waals surface area contributed by atoms with Crippen LogP contribution in [0.15, 0.2) is 30.3 Å². The van der Waals surface area contributed by atoms with Gasteiger partial charge in [0.05, 0.1) is 23.2 Å². The summed E-state index contributed by atoms with van der Waals surface area (Å²) < 4.78 is 125. The van der Waals surface area contributed by atoms with E-state index in [1.54, 1.807) is 25.1 Å². The van der Waals surface area contributed by atoms with Gasteiger partial charge in [-0.1, -0.05) is 24.3 Å². The molecule has 9 rings (SSSR count). The molecule has 2 aromatic heterocycles. The molecule has 0 radical (unpaired) electrons. The molecule has 5 aliphatic heterocycles. The number of nitrogens with one attached hydrogen (secondary N) is 1. The Labute approximate surface area is 311 Å². The smallest absolute Gasteiger partial charge is 0.426 e. The highest BCUT2D eigenvalue weighted by Gasteiger charge is 2.69. The molecule has 5 aliphatic rings. The third-order valence-electron chi connectivity index (χ3n) is 13.0. The molecule has 8 nitrogen and oxygen atoms in total. The lowest BCUT2D eigenvalue weighted by Crippen LogP contribution is -2.58. The first-order valence-electron chi connectivity index (χ1n) is 18.9. The van der Waals surface area contributed by atoms with Crippen LogP contribution in [-0.2, 0) is 11.2 Å². The molecule has 2 bridgehead atoms. The van der Waals surface area contributed by atoms with Gasteiger partial charge < -0.3 is 19.7 Å². The Morgan fingerprint density at radius 1 is 0.927 bits per heavy atom. The van der Waals surface area contributed by atoms with Crippen molar-refractivity contribution in [2.24, 2.45) is 0 Å². The molecule has 7 heterocycles. The molecule has 0 aliphatic carbocycles. The summed E-state index contributed by atoms with van der Waals surface area (Å²) in [5, 5.41) is 5.49. The average Bonchev–Trinajstić information content (AvgIpc) is 3.81. The number of aromatic nitrogens is 3.